The van der Waals surface area contributed by atoms with E-state index in [1.165, 1.54) is 5.56 Å². The number of hydrogen-bond donors (Lipinski definition) is 1. The SMILES string of the molecule is Cc1ccc(O[C@@H](C)C(=O)Nc2c(Cl)cccc2Cl)cc1C. The molecule has 0 bridgehead atoms. The second-order valence-electron chi connectivity index (χ2n) is 5.09. The van der Waals surface area contributed by atoms with E-state index in [0.29, 0.717) is 21.5 Å². The highest BCUT2D eigenvalue weighted by atomic mass is 35.5. The first-order chi connectivity index (χ1) is 10.4. The van der Waals surface area contributed by atoms with Gasteiger partial charge in [0.25, 0.3) is 5.91 Å². The third kappa shape index (κ3) is 3.93. The molecule has 0 heterocycles. The average Bonchev–Trinajstić information content (AvgIpc) is 2.46. The number of benzene rings is 2. The van der Waals surface area contributed by atoms with Gasteiger partial charge in [-0.2, -0.15) is 0 Å². The van der Waals surface area contributed by atoms with Gasteiger partial charge in [-0.05, 0) is 56.2 Å². The van der Waals surface area contributed by atoms with Crippen LogP contribution in [0.1, 0.15) is 18.1 Å². The number of hydrogen-bond acceptors (Lipinski definition) is 2. The third-order valence-corrected chi connectivity index (χ3v) is 4.00. The van der Waals surface area contributed by atoms with Crippen molar-refractivity contribution in [2.45, 2.75) is 26.9 Å². The van der Waals surface area contributed by atoms with Crippen LogP contribution in [0.15, 0.2) is 36.4 Å². The number of ether oxygens (including phenoxy) is 1. The Balaban J connectivity index is 2.07. The van der Waals surface area contributed by atoms with Crippen LogP contribution in [0.4, 0.5) is 5.69 Å². The molecule has 0 radical (unpaired) electrons. The Hall–Kier alpha value is -1.71. The fourth-order valence-electron chi connectivity index (χ4n) is 1.89. The number of aryl methyl sites for hydroxylation is 2. The van der Waals surface area contributed by atoms with Gasteiger partial charge >= 0.3 is 0 Å². The van der Waals surface area contributed by atoms with Gasteiger partial charge in [-0.3, -0.25) is 4.79 Å². The highest BCUT2D eigenvalue weighted by molar-refractivity contribution is 6.39. The lowest BCUT2D eigenvalue weighted by atomic mass is 10.1. The molecular weight excluding hydrogens is 321 g/mol. The van der Waals surface area contributed by atoms with Crippen molar-refractivity contribution in [3.05, 3.63) is 57.6 Å². The fraction of sp³-hybridized carbons (Fsp3) is 0.235. The van der Waals surface area contributed by atoms with Gasteiger partial charge in [0, 0.05) is 0 Å². The Bertz CT molecular complexity index is 681. The van der Waals surface area contributed by atoms with Crippen LogP contribution in [0.25, 0.3) is 0 Å². The molecule has 1 amide bonds. The number of carbonyl (C=O) groups excluding carboxylic acids is 1. The van der Waals surface area contributed by atoms with E-state index in [-0.39, 0.29) is 5.91 Å². The van der Waals surface area contributed by atoms with Crippen molar-refractivity contribution < 1.29 is 9.53 Å². The van der Waals surface area contributed by atoms with Gasteiger partial charge in [0.2, 0.25) is 0 Å². The lowest BCUT2D eigenvalue weighted by molar-refractivity contribution is -0.122. The lowest BCUT2D eigenvalue weighted by Crippen LogP contribution is -2.30. The summed E-state index contributed by atoms with van der Waals surface area (Å²) in [4.78, 5) is 12.2. The first-order valence-corrected chi connectivity index (χ1v) is 7.63. The first kappa shape index (κ1) is 16.7. The summed E-state index contributed by atoms with van der Waals surface area (Å²) in [5, 5.41) is 3.47. The molecule has 116 valence electrons. The van der Waals surface area contributed by atoms with Gasteiger partial charge < -0.3 is 10.1 Å². The number of carbonyl (C=O) groups is 1. The minimum Gasteiger partial charge on any atom is -0.481 e. The summed E-state index contributed by atoms with van der Waals surface area (Å²) in [6.07, 6.45) is -0.672. The molecule has 1 atom stereocenters. The van der Waals surface area contributed by atoms with Crippen molar-refractivity contribution in [1.82, 2.24) is 0 Å². The summed E-state index contributed by atoms with van der Waals surface area (Å²) in [6.45, 7) is 5.69. The summed E-state index contributed by atoms with van der Waals surface area (Å²) < 4.78 is 5.67. The minimum atomic E-state index is -0.672. The number of nitrogens with one attached hydrogen (secondary N) is 1. The average molecular weight is 338 g/mol. The zero-order chi connectivity index (χ0) is 16.3. The standard InChI is InChI=1S/C17H17Cl2NO2/c1-10-7-8-13(9-11(10)2)22-12(3)17(21)20-16-14(18)5-4-6-15(16)19/h4-9,12H,1-3H3,(H,20,21)/t12-/m0/s1. The molecule has 2 rings (SSSR count). The van der Waals surface area contributed by atoms with E-state index in [1.54, 1.807) is 25.1 Å². The van der Waals surface area contributed by atoms with E-state index in [0.717, 1.165) is 5.56 Å². The topological polar surface area (TPSA) is 38.3 Å². The monoisotopic (exact) mass is 337 g/mol. The second-order valence-corrected chi connectivity index (χ2v) is 5.91. The maximum absolute atomic E-state index is 12.2. The number of para-hydroxylation sites is 1. The summed E-state index contributed by atoms with van der Waals surface area (Å²) in [5.41, 5.74) is 2.68. The molecule has 5 heteroatoms. The maximum Gasteiger partial charge on any atom is 0.265 e. The van der Waals surface area contributed by atoms with E-state index in [9.17, 15) is 4.79 Å². The van der Waals surface area contributed by atoms with E-state index in [4.69, 9.17) is 27.9 Å². The zero-order valence-corrected chi connectivity index (χ0v) is 14.1. The molecular formula is C17H17Cl2NO2. The van der Waals surface area contributed by atoms with Crippen LogP contribution < -0.4 is 10.1 Å². The highest BCUT2D eigenvalue weighted by Gasteiger charge is 2.17. The Morgan fingerprint density at radius 1 is 1.09 bits per heavy atom. The van der Waals surface area contributed by atoms with Gasteiger partial charge in [-0.25, -0.2) is 0 Å². The van der Waals surface area contributed by atoms with Crippen molar-refractivity contribution in [1.29, 1.82) is 0 Å². The molecule has 22 heavy (non-hydrogen) atoms. The minimum absolute atomic E-state index is 0.312. The lowest BCUT2D eigenvalue weighted by Gasteiger charge is -2.16. The Morgan fingerprint density at radius 3 is 2.32 bits per heavy atom. The molecule has 2 aromatic rings. The molecule has 0 saturated carbocycles. The molecule has 1 N–H and O–H groups in total. The summed E-state index contributed by atoms with van der Waals surface area (Å²) >= 11 is 12.1. The summed E-state index contributed by atoms with van der Waals surface area (Å²) in [5.74, 6) is 0.337. The van der Waals surface area contributed by atoms with E-state index in [2.05, 4.69) is 5.32 Å². The Labute approximate surface area is 140 Å². The molecule has 2 aromatic carbocycles. The van der Waals surface area contributed by atoms with E-state index >= 15 is 0 Å². The van der Waals surface area contributed by atoms with E-state index in [1.807, 2.05) is 32.0 Å². The molecule has 0 aliphatic heterocycles. The van der Waals surface area contributed by atoms with Crippen LogP contribution in [0, 0.1) is 13.8 Å². The quantitative estimate of drug-likeness (QED) is 0.850. The van der Waals surface area contributed by atoms with Crippen molar-refractivity contribution in [3.63, 3.8) is 0 Å². The van der Waals surface area contributed by atoms with Crippen molar-refractivity contribution in [2.75, 3.05) is 5.32 Å². The summed E-state index contributed by atoms with van der Waals surface area (Å²) in [6, 6.07) is 10.8. The number of halogens is 2. The van der Waals surface area contributed by atoms with Crippen LogP contribution >= 0.6 is 23.2 Å². The molecule has 0 saturated heterocycles. The predicted octanol–water partition coefficient (Wildman–Crippen LogP) is 5.02. The molecule has 0 spiro atoms. The maximum atomic E-state index is 12.2. The van der Waals surface area contributed by atoms with Gasteiger partial charge in [-0.1, -0.05) is 35.3 Å². The van der Waals surface area contributed by atoms with Crippen LogP contribution in [0.2, 0.25) is 10.0 Å². The van der Waals surface area contributed by atoms with Crippen LogP contribution in [0.5, 0.6) is 5.75 Å². The molecule has 0 fully saturated rings. The normalized spacial score (nSPS) is 11.9. The predicted molar refractivity (Wildman–Crippen MR) is 91.1 cm³/mol. The van der Waals surface area contributed by atoms with E-state index < -0.39 is 6.10 Å². The van der Waals surface area contributed by atoms with Crippen LogP contribution in [0.3, 0.4) is 0 Å². The first-order valence-electron chi connectivity index (χ1n) is 6.87. The molecule has 0 unspecified atom stereocenters. The van der Waals surface area contributed by atoms with Crippen LogP contribution in [-0.4, -0.2) is 12.0 Å². The van der Waals surface area contributed by atoms with Crippen molar-refractivity contribution >= 4 is 34.8 Å². The smallest absolute Gasteiger partial charge is 0.265 e. The summed E-state index contributed by atoms with van der Waals surface area (Å²) in [7, 11) is 0. The Kier molecular flexibility index (Phi) is 5.33. The van der Waals surface area contributed by atoms with Gasteiger partial charge in [0.15, 0.2) is 6.10 Å². The zero-order valence-electron chi connectivity index (χ0n) is 12.6. The fourth-order valence-corrected chi connectivity index (χ4v) is 2.38. The molecule has 0 aliphatic rings. The van der Waals surface area contributed by atoms with Gasteiger partial charge in [-0.15, -0.1) is 0 Å². The van der Waals surface area contributed by atoms with Crippen molar-refractivity contribution in [2.24, 2.45) is 0 Å². The number of rotatable bonds is 4. The molecule has 0 aromatic heterocycles. The van der Waals surface area contributed by atoms with Gasteiger partial charge in [0.1, 0.15) is 5.75 Å². The van der Waals surface area contributed by atoms with Crippen molar-refractivity contribution in [3.8, 4) is 5.75 Å². The van der Waals surface area contributed by atoms with Gasteiger partial charge in [0.05, 0.1) is 15.7 Å². The second kappa shape index (κ2) is 7.03. The number of anilines is 1. The largest absolute Gasteiger partial charge is 0.481 e. The van der Waals surface area contributed by atoms with Crippen LogP contribution in [-0.2, 0) is 4.79 Å². The Morgan fingerprint density at radius 2 is 1.73 bits per heavy atom. The number of amides is 1. The molecule has 3 nitrogen and oxygen atoms in total. The third-order valence-electron chi connectivity index (χ3n) is 3.37. The highest BCUT2D eigenvalue weighted by Crippen LogP contribution is 2.30. The molecule has 0 aliphatic carbocycles.